The average Bonchev–Trinajstić information content (AvgIpc) is 2.45. The van der Waals surface area contributed by atoms with E-state index in [1.54, 1.807) is 13.3 Å². The largest absolute Gasteiger partial charge is 0.493 e. The van der Waals surface area contributed by atoms with Crippen LogP contribution in [0.2, 0.25) is 0 Å². The molecule has 2 rings (SSSR count). The van der Waals surface area contributed by atoms with Gasteiger partial charge in [0, 0.05) is 11.9 Å². The first kappa shape index (κ1) is 14.7. The van der Waals surface area contributed by atoms with E-state index in [4.69, 9.17) is 15.2 Å². The number of rotatable bonds is 4. The zero-order valence-electron chi connectivity index (χ0n) is 11.7. The lowest BCUT2D eigenvalue weighted by Crippen LogP contribution is -2.06. The maximum absolute atomic E-state index is 6.01. The third-order valence-corrected chi connectivity index (χ3v) is 3.80. The summed E-state index contributed by atoms with van der Waals surface area (Å²) >= 11 is 3.46. The van der Waals surface area contributed by atoms with E-state index >= 15 is 0 Å². The van der Waals surface area contributed by atoms with Crippen molar-refractivity contribution in [1.82, 2.24) is 4.98 Å². The van der Waals surface area contributed by atoms with Crippen molar-refractivity contribution in [3.63, 3.8) is 0 Å². The molecule has 20 heavy (non-hydrogen) atoms. The van der Waals surface area contributed by atoms with Gasteiger partial charge in [-0.2, -0.15) is 0 Å². The molecule has 0 fully saturated rings. The summed E-state index contributed by atoms with van der Waals surface area (Å²) in [5, 5.41) is 0. The molecule has 5 heteroatoms. The molecule has 0 atom stereocenters. The molecule has 0 saturated carbocycles. The molecular formula is C15H17BrN2O2. The topological polar surface area (TPSA) is 57.4 Å². The number of aromatic nitrogens is 1. The lowest BCUT2D eigenvalue weighted by molar-refractivity contribution is 0.278. The molecule has 2 N–H and O–H groups in total. The van der Waals surface area contributed by atoms with E-state index in [9.17, 15) is 0 Å². The van der Waals surface area contributed by atoms with Crippen LogP contribution in [0.5, 0.6) is 11.5 Å². The zero-order chi connectivity index (χ0) is 14.7. The molecule has 0 aliphatic rings. The molecule has 0 amide bonds. The molecule has 0 unspecified atom stereocenters. The number of hydrogen-bond donors (Lipinski definition) is 1. The summed E-state index contributed by atoms with van der Waals surface area (Å²) in [6.45, 7) is 4.23. The van der Waals surface area contributed by atoms with Crippen LogP contribution in [0.4, 0.5) is 5.69 Å². The second kappa shape index (κ2) is 6.13. The number of hydrogen-bond acceptors (Lipinski definition) is 4. The Morgan fingerprint density at radius 2 is 2.05 bits per heavy atom. The normalized spacial score (nSPS) is 10.4. The van der Waals surface area contributed by atoms with Crippen LogP contribution in [0.25, 0.3) is 0 Å². The van der Waals surface area contributed by atoms with Crippen molar-refractivity contribution in [2.45, 2.75) is 20.5 Å². The van der Waals surface area contributed by atoms with Gasteiger partial charge in [0.15, 0.2) is 11.5 Å². The SMILES string of the molecule is COc1cccc(Br)c1OCc1ncc(C)c(N)c1C. The molecule has 0 aliphatic carbocycles. The second-order valence-corrected chi connectivity index (χ2v) is 5.34. The lowest BCUT2D eigenvalue weighted by Gasteiger charge is -2.14. The van der Waals surface area contributed by atoms with Gasteiger partial charge in [0.1, 0.15) is 6.61 Å². The summed E-state index contributed by atoms with van der Waals surface area (Å²) in [4.78, 5) is 4.38. The monoisotopic (exact) mass is 336 g/mol. The van der Waals surface area contributed by atoms with Crippen molar-refractivity contribution >= 4 is 21.6 Å². The number of ether oxygens (including phenoxy) is 2. The van der Waals surface area contributed by atoms with Gasteiger partial charge in [-0.25, -0.2) is 0 Å². The van der Waals surface area contributed by atoms with Crippen molar-refractivity contribution in [3.8, 4) is 11.5 Å². The van der Waals surface area contributed by atoms with Gasteiger partial charge in [0.2, 0.25) is 0 Å². The van der Waals surface area contributed by atoms with Gasteiger partial charge >= 0.3 is 0 Å². The maximum atomic E-state index is 6.01. The average molecular weight is 337 g/mol. The van der Waals surface area contributed by atoms with E-state index in [0.717, 1.165) is 27.0 Å². The van der Waals surface area contributed by atoms with Crippen LogP contribution in [-0.2, 0) is 6.61 Å². The summed E-state index contributed by atoms with van der Waals surface area (Å²) in [6, 6.07) is 5.65. The second-order valence-electron chi connectivity index (χ2n) is 4.49. The Labute approximate surface area is 127 Å². The molecule has 106 valence electrons. The summed E-state index contributed by atoms with van der Waals surface area (Å²) in [6.07, 6.45) is 1.76. The highest BCUT2D eigenvalue weighted by Gasteiger charge is 2.11. The summed E-state index contributed by atoms with van der Waals surface area (Å²) in [5.41, 5.74) is 9.53. The van der Waals surface area contributed by atoms with Crippen molar-refractivity contribution in [2.75, 3.05) is 12.8 Å². The Morgan fingerprint density at radius 1 is 1.30 bits per heavy atom. The molecule has 0 bridgehead atoms. The van der Waals surface area contributed by atoms with E-state index < -0.39 is 0 Å². The first-order valence-corrected chi connectivity index (χ1v) is 6.99. The van der Waals surface area contributed by atoms with Gasteiger partial charge in [-0.05, 0) is 53.0 Å². The van der Waals surface area contributed by atoms with Crippen molar-refractivity contribution in [3.05, 3.63) is 45.7 Å². The lowest BCUT2D eigenvalue weighted by atomic mass is 10.1. The van der Waals surface area contributed by atoms with Gasteiger partial charge in [-0.1, -0.05) is 6.07 Å². The maximum Gasteiger partial charge on any atom is 0.175 e. The number of halogens is 1. The summed E-state index contributed by atoms with van der Waals surface area (Å²) in [7, 11) is 1.61. The van der Waals surface area contributed by atoms with Crippen molar-refractivity contribution < 1.29 is 9.47 Å². The molecule has 0 saturated heterocycles. The highest BCUT2D eigenvalue weighted by Crippen LogP contribution is 2.35. The van der Waals surface area contributed by atoms with Gasteiger partial charge in [0.05, 0.1) is 17.3 Å². The smallest absolute Gasteiger partial charge is 0.175 e. The van der Waals surface area contributed by atoms with Crippen LogP contribution in [0.15, 0.2) is 28.9 Å². The van der Waals surface area contributed by atoms with Crippen LogP contribution >= 0.6 is 15.9 Å². The Kier molecular flexibility index (Phi) is 4.49. The van der Waals surface area contributed by atoms with Gasteiger partial charge < -0.3 is 15.2 Å². The van der Waals surface area contributed by atoms with Crippen LogP contribution in [0, 0.1) is 13.8 Å². The fraction of sp³-hybridized carbons (Fsp3) is 0.267. The van der Waals surface area contributed by atoms with Crippen LogP contribution in [-0.4, -0.2) is 12.1 Å². The Morgan fingerprint density at radius 3 is 2.75 bits per heavy atom. The number of nitrogens with two attached hydrogens (primary N) is 1. The first-order valence-electron chi connectivity index (χ1n) is 6.20. The number of benzene rings is 1. The molecule has 1 aromatic heterocycles. The Balaban J connectivity index is 2.24. The van der Waals surface area contributed by atoms with E-state index in [-0.39, 0.29) is 0 Å². The fourth-order valence-electron chi connectivity index (χ4n) is 1.87. The predicted octanol–water partition coefficient (Wildman–Crippen LogP) is 3.63. The van der Waals surface area contributed by atoms with Crippen molar-refractivity contribution in [1.29, 1.82) is 0 Å². The number of anilines is 1. The van der Waals surface area contributed by atoms with E-state index in [2.05, 4.69) is 20.9 Å². The number of nitrogens with zero attached hydrogens (tertiary/aromatic N) is 1. The number of aryl methyl sites for hydroxylation is 1. The Bertz CT molecular complexity index is 630. The van der Waals surface area contributed by atoms with Gasteiger partial charge in [-0.3, -0.25) is 4.98 Å². The van der Waals surface area contributed by atoms with Gasteiger partial charge in [0.25, 0.3) is 0 Å². The molecular weight excluding hydrogens is 320 g/mol. The third kappa shape index (κ3) is 2.88. The van der Waals surface area contributed by atoms with Gasteiger partial charge in [-0.15, -0.1) is 0 Å². The minimum absolute atomic E-state index is 0.343. The molecule has 4 nitrogen and oxygen atoms in total. The fourth-order valence-corrected chi connectivity index (χ4v) is 2.33. The predicted molar refractivity (Wildman–Crippen MR) is 83.1 cm³/mol. The molecule has 0 aliphatic heterocycles. The minimum atomic E-state index is 0.343. The van der Waals surface area contributed by atoms with E-state index in [0.29, 0.717) is 18.1 Å². The standard InChI is InChI=1S/C15H17BrN2O2/c1-9-7-18-12(10(2)14(9)17)8-20-15-11(16)5-4-6-13(15)19-3/h4-7H,8H2,1-3H3,(H2,17,18). The Hall–Kier alpha value is -1.75. The molecule has 1 aromatic carbocycles. The molecule has 2 aromatic rings. The molecule has 0 spiro atoms. The molecule has 1 heterocycles. The van der Waals surface area contributed by atoms with Crippen LogP contribution in [0.1, 0.15) is 16.8 Å². The highest BCUT2D eigenvalue weighted by molar-refractivity contribution is 9.10. The zero-order valence-corrected chi connectivity index (χ0v) is 13.3. The number of nitrogen functional groups attached to an aromatic ring is 1. The quantitative estimate of drug-likeness (QED) is 0.926. The molecule has 0 radical (unpaired) electrons. The number of para-hydroxylation sites is 1. The summed E-state index contributed by atoms with van der Waals surface area (Å²) in [5.74, 6) is 1.34. The van der Waals surface area contributed by atoms with E-state index in [1.807, 2.05) is 32.0 Å². The van der Waals surface area contributed by atoms with E-state index in [1.165, 1.54) is 0 Å². The third-order valence-electron chi connectivity index (χ3n) is 3.18. The first-order chi connectivity index (χ1) is 9.54. The number of methoxy groups -OCH3 is 1. The summed E-state index contributed by atoms with van der Waals surface area (Å²) < 4.78 is 12.0. The highest BCUT2D eigenvalue weighted by atomic mass is 79.9. The van der Waals surface area contributed by atoms with Crippen LogP contribution in [0.3, 0.4) is 0 Å². The number of pyridine rings is 1. The minimum Gasteiger partial charge on any atom is -0.493 e. The van der Waals surface area contributed by atoms with Crippen LogP contribution < -0.4 is 15.2 Å². The van der Waals surface area contributed by atoms with Crippen molar-refractivity contribution in [2.24, 2.45) is 0 Å².